The molecule has 3 rings (SSSR count). The molecule has 120 valence electrons. The number of carbonyl (C=O) groups is 1. The minimum Gasteiger partial charge on any atom is -0.347 e. The molecule has 0 aliphatic rings. The molecular formula is C17H14ClN5O. The molecule has 6 nitrogen and oxygen atoms in total. The Morgan fingerprint density at radius 3 is 2.54 bits per heavy atom. The molecule has 0 aliphatic carbocycles. The first-order chi connectivity index (χ1) is 11.7. The molecule has 2 aromatic heterocycles. The molecular weight excluding hydrogens is 326 g/mol. The number of hydrogen-bond acceptors (Lipinski definition) is 5. The first-order valence-electron chi connectivity index (χ1n) is 7.22. The van der Waals surface area contributed by atoms with E-state index in [0.717, 1.165) is 11.3 Å². The zero-order valence-electron chi connectivity index (χ0n) is 12.6. The third-order valence-electron chi connectivity index (χ3n) is 3.22. The number of anilines is 2. The largest absolute Gasteiger partial charge is 0.347 e. The van der Waals surface area contributed by atoms with E-state index >= 15 is 0 Å². The highest BCUT2D eigenvalue weighted by atomic mass is 35.5. The van der Waals surface area contributed by atoms with E-state index in [4.69, 9.17) is 11.6 Å². The van der Waals surface area contributed by atoms with Gasteiger partial charge in [0, 0.05) is 35.7 Å². The van der Waals surface area contributed by atoms with Crippen LogP contribution in [0.2, 0.25) is 5.02 Å². The number of aromatic nitrogens is 3. The number of rotatable bonds is 5. The van der Waals surface area contributed by atoms with E-state index in [9.17, 15) is 4.79 Å². The number of carbonyl (C=O) groups excluding carboxylic acids is 1. The summed E-state index contributed by atoms with van der Waals surface area (Å²) >= 11 is 5.86. The molecule has 2 heterocycles. The lowest BCUT2D eigenvalue weighted by Gasteiger charge is -2.08. The Labute approximate surface area is 143 Å². The van der Waals surface area contributed by atoms with Gasteiger partial charge in [-0.15, -0.1) is 0 Å². The Kier molecular flexibility index (Phi) is 4.98. The fourth-order valence-corrected chi connectivity index (χ4v) is 2.13. The maximum atomic E-state index is 12.2. The molecule has 24 heavy (non-hydrogen) atoms. The Morgan fingerprint density at radius 1 is 1.04 bits per heavy atom. The van der Waals surface area contributed by atoms with Crippen LogP contribution in [0.1, 0.15) is 16.1 Å². The van der Waals surface area contributed by atoms with Gasteiger partial charge in [-0.25, -0.2) is 9.97 Å². The maximum absolute atomic E-state index is 12.2. The summed E-state index contributed by atoms with van der Waals surface area (Å²) in [5.41, 5.74) is 2.07. The molecule has 0 spiro atoms. The maximum Gasteiger partial charge on any atom is 0.270 e. The molecule has 1 amide bonds. The van der Waals surface area contributed by atoms with Crippen LogP contribution >= 0.6 is 11.6 Å². The number of amides is 1. The highest BCUT2D eigenvalue weighted by Gasteiger charge is 2.08. The number of hydrogen-bond donors (Lipinski definition) is 2. The van der Waals surface area contributed by atoms with Crippen molar-refractivity contribution in [3.05, 3.63) is 77.5 Å². The summed E-state index contributed by atoms with van der Waals surface area (Å²) in [7, 11) is 0. The van der Waals surface area contributed by atoms with Crippen LogP contribution in [0.25, 0.3) is 0 Å². The van der Waals surface area contributed by atoms with Crippen molar-refractivity contribution in [2.45, 2.75) is 6.54 Å². The fourth-order valence-electron chi connectivity index (χ4n) is 2.00. The standard InChI is InChI=1S/C17H14ClN5O/c18-13-1-3-14(4-2-13)23-16-9-15(21-11-22-16)17(24)20-10-12-5-7-19-8-6-12/h1-9,11H,10H2,(H,20,24)(H,21,22,23). The normalized spacial score (nSPS) is 10.2. The molecule has 0 bridgehead atoms. The summed E-state index contributed by atoms with van der Waals surface area (Å²) in [6, 6.07) is 12.5. The molecule has 0 saturated heterocycles. The number of halogens is 1. The summed E-state index contributed by atoms with van der Waals surface area (Å²) in [5.74, 6) is 0.259. The summed E-state index contributed by atoms with van der Waals surface area (Å²) in [6.45, 7) is 0.408. The molecule has 0 atom stereocenters. The SMILES string of the molecule is O=C(NCc1ccncc1)c1cc(Nc2ccc(Cl)cc2)ncn1. The molecule has 7 heteroatoms. The number of benzene rings is 1. The molecule has 0 radical (unpaired) electrons. The van der Waals surface area contributed by atoms with Crippen LogP contribution < -0.4 is 10.6 Å². The third-order valence-corrected chi connectivity index (χ3v) is 3.47. The van der Waals surface area contributed by atoms with E-state index in [-0.39, 0.29) is 11.6 Å². The highest BCUT2D eigenvalue weighted by Crippen LogP contribution is 2.17. The molecule has 0 unspecified atom stereocenters. The lowest BCUT2D eigenvalue weighted by atomic mass is 10.2. The van der Waals surface area contributed by atoms with Crippen molar-refractivity contribution >= 4 is 29.0 Å². The Bertz CT molecular complexity index is 824. The summed E-state index contributed by atoms with van der Waals surface area (Å²) in [4.78, 5) is 24.3. The number of nitrogens with zero attached hydrogens (tertiary/aromatic N) is 3. The van der Waals surface area contributed by atoms with Gasteiger partial charge in [0.15, 0.2) is 0 Å². The Hall–Kier alpha value is -2.99. The minimum atomic E-state index is -0.270. The van der Waals surface area contributed by atoms with Gasteiger partial charge in [-0.05, 0) is 42.0 Å². The van der Waals surface area contributed by atoms with Gasteiger partial charge in [0.05, 0.1) is 0 Å². The van der Waals surface area contributed by atoms with E-state index in [0.29, 0.717) is 17.4 Å². The lowest BCUT2D eigenvalue weighted by Crippen LogP contribution is -2.24. The predicted molar refractivity (Wildman–Crippen MR) is 92.2 cm³/mol. The first-order valence-corrected chi connectivity index (χ1v) is 7.60. The average molecular weight is 340 g/mol. The third kappa shape index (κ3) is 4.27. The van der Waals surface area contributed by atoms with E-state index in [1.165, 1.54) is 6.33 Å². The van der Waals surface area contributed by atoms with E-state index in [1.807, 2.05) is 24.3 Å². The second kappa shape index (κ2) is 7.52. The lowest BCUT2D eigenvalue weighted by molar-refractivity contribution is 0.0946. The number of pyridine rings is 1. The van der Waals surface area contributed by atoms with Crippen molar-refractivity contribution in [3.8, 4) is 0 Å². The van der Waals surface area contributed by atoms with Crippen molar-refractivity contribution in [2.24, 2.45) is 0 Å². The van der Waals surface area contributed by atoms with Crippen molar-refractivity contribution in [1.82, 2.24) is 20.3 Å². The highest BCUT2D eigenvalue weighted by molar-refractivity contribution is 6.30. The van der Waals surface area contributed by atoms with Crippen LogP contribution in [0, 0.1) is 0 Å². The van der Waals surface area contributed by atoms with Crippen molar-refractivity contribution in [2.75, 3.05) is 5.32 Å². The zero-order chi connectivity index (χ0) is 16.8. The van der Waals surface area contributed by atoms with Crippen LogP contribution in [0.4, 0.5) is 11.5 Å². The molecule has 3 aromatic rings. The first kappa shape index (κ1) is 15.9. The topological polar surface area (TPSA) is 79.8 Å². The monoisotopic (exact) mass is 339 g/mol. The molecule has 0 aliphatic heterocycles. The van der Waals surface area contributed by atoms with Crippen LogP contribution in [-0.4, -0.2) is 20.9 Å². The second-order valence-electron chi connectivity index (χ2n) is 4.96. The molecule has 1 aromatic carbocycles. The van der Waals surface area contributed by atoms with E-state index in [1.54, 1.807) is 30.6 Å². The van der Waals surface area contributed by atoms with Crippen LogP contribution in [0.3, 0.4) is 0 Å². The van der Waals surface area contributed by atoms with Gasteiger partial charge >= 0.3 is 0 Å². The Balaban J connectivity index is 1.65. The zero-order valence-corrected chi connectivity index (χ0v) is 13.4. The van der Waals surface area contributed by atoms with Gasteiger partial charge in [0.2, 0.25) is 0 Å². The van der Waals surface area contributed by atoms with Gasteiger partial charge in [-0.3, -0.25) is 9.78 Å². The fraction of sp³-hybridized carbons (Fsp3) is 0.0588. The van der Waals surface area contributed by atoms with Gasteiger partial charge < -0.3 is 10.6 Å². The smallest absolute Gasteiger partial charge is 0.270 e. The minimum absolute atomic E-state index is 0.270. The predicted octanol–water partition coefficient (Wildman–Crippen LogP) is 3.20. The van der Waals surface area contributed by atoms with E-state index < -0.39 is 0 Å². The van der Waals surface area contributed by atoms with Crippen molar-refractivity contribution < 1.29 is 4.79 Å². The van der Waals surface area contributed by atoms with Gasteiger partial charge in [0.25, 0.3) is 5.91 Å². The summed E-state index contributed by atoms with van der Waals surface area (Å²) in [5, 5.41) is 6.57. The van der Waals surface area contributed by atoms with Gasteiger partial charge in [-0.2, -0.15) is 0 Å². The van der Waals surface area contributed by atoms with Gasteiger partial charge in [-0.1, -0.05) is 11.6 Å². The summed E-state index contributed by atoms with van der Waals surface area (Å²) in [6.07, 6.45) is 4.71. The number of nitrogens with one attached hydrogen (secondary N) is 2. The Morgan fingerprint density at radius 2 is 1.79 bits per heavy atom. The molecule has 0 fully saturated rings. The van der Waals surface area contributed by atoms with Crippen molar-refractivity contribution in [1.29, 1.82) is 0 Å². The quantitative estimate of drug-likeness (QED) is 0.746. The molecule has 2 N–H and O–H groups in total. The van der Waals surface area contributed by atoms with E-state index in [2.05, 4.69) is 25.6 Å². The van der Waals surface area contributed by atoms with Gasteiger partial charge in [0.1, 0.15) is 17.8 Å². The second-order valence-corrected chi connectivity index (χ2v) is 5.39. The van der Waals surface area contributed by atoms with Crippen LogP contribution in [0.5, 0.6) is 0 Å². The van der Waals surface area contributed by atoms with Crippen molar-refractivity contribution in [3.63, 3.8) is 0 Å². The van der Waals surface area contributed by atoms with Crippen LogP contribution in [-0.2, 0) is 6.54 Å². The average Bonchev–Trinajstić information content (AvgIpc) is 2.63. The summed E-state index contributed by atoms with van der Waals surface area (Å²) < 4.78 is 0. The molecule has 0 saturated carbocycles. The van der Waals surface area contributed by atoms with Crippen LogP contribution in [0.15, 0.2) is 61.2 Å².